The van der Waals surface area contributed by atoms with Gasteiger partial charge in [-0.05, 0) is 69.6 Å². The molecular weight excluding hydrogens is 272 g/mol. The molecule has 5 atom stereocenters. The summed E-state index contributed by atoms with van der Waals surface area (Å²) in [5, 5.41) is 0. The van der Waals surface area contributed by atoms with Crippen LogP contribution in [0.5, 0.6) is 0 Å². The van der Waals surface area contributed by atoms with E-state index in [1.807, 2.05) is 13.8 Å². The predicted octanol–water partition coefficient (Wildman–Crippen LogP) is 5.21. The summed E-state index contributed by atoms with van der Waals surface area (Å²) >= 11 is 0. The van der Waals surface area contributed by atoms with Crippen molar-refractivity contribution in [1.29, 1.82) is 0 Å². The molecule has 0 saturated heterocycles. The summed E-state index contributed by atoms with van der Waals surface area (Å²) in [5.41, 5.74) is -0.395. The first kappa shape index (κ1) is 16.3. The van der Waals surface area contributed by atoms with E-state index >= 15 is 0 Å². The normalized spacial score (nSPS) is 43.7. The third-order valence-electron chi connectivity index (χ3n) is 7.86. The van der Waals surface area contributed by atoms with Crippen molar-refractivity contribution in [2.24, 2.45) is 34.5 Å². The van der Waals surface area contributed by atoms with Gasteiger partial charge in [-0.15, -0.1) is 0 Å². The summed E-state index contributed by atoms with van der Waals surface area (Å²) in [6, 6.07) is 0. The lowest BCUT2D eigenvalue weighted by molar-refractivity contribution is -0.203. The molecule has 0 aliphatic heterocycles. The number of hydrogen-bond acceptors (Lipinski definition) is 2. The van der Waals surface area contributed by atoms with E-state index < -0.39 is 0 Å². The van der Waals surface area contributed by atoms with E-state index in [2.05, 4.69) is 27.7 Å². The van der Waals surface area contributed by atoms with Gasteiger partial charge in [0.05, 0.1) is 5.41 Å². The van der Waals surface area contributed by atoms with Gasteiger partial charge in [-0.25, -0.2) is 0 Å². The number of hydrogen-bond donors (Lipinski definition) is 0. The molecule has 0 aromatic rings. The SMILES string of the molecule is CCC(C)(C)C(=O)OC1(C(C)C)CC2CC1(C)C1CCCC21. The molecule has 0 spiro atoms. The van der Waals surface area contributed by atoms with Crippen LogP contribution in [0.4, 0.5) is 0 Å². The Morgan fingerprint density at radius 1 is 1.27 bits per heavy atom. The van der Waals surface area contributed by atoms with Gasteiger partial charge in [-0.3, -0.25) is 4.79 Å². The molecule has 0 radical (unpaired) electrons. The molecule has 126 valence electrons. The Kier molecular flexibility index (Phi) is 3.70. The molecule has 0 N–H and O–H groups in total. The Morgan fingerprint density at radius 2 is 1.95 bits per heavy atom. The minimum Gasteiger partial charge on any atom is -0.458 e. The van der Waals surface area contributed by atoms with Crippen LogP contribution in [-0.2, 0) is 9.53 Å². The smallest absolute Gasteiger partial charge is 0.312 e. The highest BCUT2D eigenvalue weighted by Crippen LogP contribution is 2.71. The van der Waals surface area contributed by atoms with Crippen molar-refractivity contribution in [1.82, 2.24) is 0 Å². The maximum atomic E-state index is 12.8. The number of carbonyl (C=O) groups is 1. The Morgan fingerprint density at radius 3 is 2.55 bits per heavy atom. The Labute approximate surface area is 136 Å². The Balaban J connectivity index is 1.93. The van der Waals surface area contributed by atoms with Gasteiger partial charge in [0.2, 0.25) is 0 Å². The number of carbonyl (C=O) groups excluding carboxylic acids is 1. The number of fused-ring (bicyclic) bond motifs is 5. The second kappa shape index (κ2) is 4.98. The number of rotatable bonds is 4. The molecule has 0 heterocycles. The second-order valence-corrected chi connectivity index (χ2v) is 9.46. The van der Waals surface area contributed by atoms with E-state index in [0.29, 0.717) is 5.92 Å². The third kappa shape index (κ3) is 1.94. The average Bonchev–Trinajstić information content (AvgIpc) is 3.09. The lowest BCUT2D eigenvalue weighted by Crippen LogP contribution is -2.56. The summed E-state index contributed by atoms with van der Waals surface area (Å²) in [4.78, 5) is 12.8. The number of ether oxygens (including phenoxy) is 1. The second-order valence-electron chi connectivity index (χ2n) is 9.46. The van der Waals surface area contributed by atoms with E-state index in [1.165, 1.54) is 25.7 Å². The Bertz CT molecular complexity index is 466. The molecule has 2 heteroatoms. The first-order chi connectivity index (χ1) is 10.2. The van der Waals surface area contributed by atoms with Crippen LogP contribution in [0.25, 0.3) is 0 Å². The molecule has 2 bridgehead atoms. The molecule has 22 heavy (non-hydrogen) atoms. The summed E-state index contributed by atoms with van der Waals surface area (Å²) in [6.45, 7) is 13.1. The van der Waals surface area contributed by atoms with Crippen molar-refractivity contribution in [2.45, 2.75) is 85.7 Å². The van der Waals surface area contributed by atoms with Gasteiger partial charge in [0.25, 0.3) is 0 Å². The van der Waals surface area contributed by atoms with Gasteiger partial charge in [0.1, 0.15) is 5.60 Å². The quantitative estimate of drug-likeness (QED) is 0.667. The van der Waals surface area contributed by atoms with Crippen LogP contribution in [-0.4, -0.2) is 11.6 Å². The van der Waals surface area contributed by atoms with Crippen LogP contribution in [0.1, 0.15) is 80.1 Å². The van der Waals surface area contributed by atoms with Crippen molar-refractivity contribution >= 4 is 5.97 Å². The largest absolute Gasteiger partial charge is 0.458 e. The van der Waals surface area contributed by atoms with E-state index in [0.717, 1.165) is 30.6 Å². The van der Waals surface area contributed by atoms with Gasteiger partial charge in [-0.2, -0.15) is 0 Å². The highest BCUT2D eigenvalue weighted by atomic mass is 16.6. The fourth-order valence-corrected chi connectivity index (χ4v) is 6.14. The van der Waals surface area contributed by atoms with Gasteiger partial charge in [0, 0.05) is 5.41 Å². The van der Waals surface area contributed by atoms with Gasteiger partial charge in [-0.1, -0.05) is 34.1 Å². The van der Waals surface area contributed by atoms with Crippen molar-refractivity contribution in [3.63, 3.8) is 0 Å². The highest BCUT2D eigenvalue weighted by molar-refractivity contribution is 5.76. The molecule has 3 aliphatic rings. The molecule has 0 aromatic heterocycles. The van der Waals surface area contributed by atoms with Crippen LogP contribution in [0.3, 0.4) is 0 Å². The Hall–Kier alpha value is -0.530. The topological polar surface area (TPSA) is 26.3 Å². The maximum Gasteiger partial charge on any atom is 0.312 e. The highest BCUT2D eigenvalue weighted by Gasteiger charge is 2.70. The molecule has 3 saturated carbocycles. The van der Waals surface area contributed by atoms with Gasteiger partial charge in [0.15, 0.2) is 0 Å². The summed E-state index contributed by atoms with van der Waals surface area (Å²) in [6.07, 6.45) is 7.36. The van der Waals surface area contributed by atoms with Crippen molar-refractivity contribution in [3.8, 4) is 0 Å². The summed E-state index contributed by atoms with van der Waals surface area (Å²) in [7, 11) is 0. The van der Waals surface area contributed by atoms with Crippen LogP contribution in [0, 0.1) is 34.5 Å². The van der Waals surface area contributed by atoms with Crippen molar-refractivity contribution in [3.05, 3.63) is 0 Å². The minimum atomic E-state index is -0.366. The zero-order valence-electron chi connectivity index (χ0n) is 15.4. The minimum absolute atomic E-state index is 0.0204. The lowest BCUT2D eigenvalue weighted by Gasteiger charge is -2.52. The molecule has 3 rings (SSSR count). The zero-order valence-corrected chi connectivity index (χ0v) is 15.4. The van der Waals surface area contributed by atoms with E-state index in [1.54, 1.807) is 0 Å². The van der Waals surface area contributed by atoms with Crippen LogP contribution in [0.2, 0.25) is 0 Å². The zero-order chi connectivity index (χ0) is 16.3. The molecule has 3 aliphatic carbocycles. The monoisotopic (exact) mass is 306 g/mol. The van der Waals surface area contributed by atoms with E-state index in [9.17, 15) is 4.79 Å². The molecule has 0 amide bonds. The average molecular weight is 306 g/mol. The first-order valence-electron chi connectivity index (χ1n) is 9.41. The maximum absolute atomic E-state index is 12.8. The molecule has 3 fully saturated rings. The lowest BCUT2D eigenvalue weighted by atomic mass is 9.59. The van der Waals surface area contributed by atoms with Crippen LogP contribution in [0.15, 0.2) is 0 Å². The van der Waals surface area contributed by atoms with Crippen LogP contribution >= 0.6 is 0 Å². The predicted molar refractivity (Wildman–Crippen MR) is 89.4 cm³/mol. The standard InChI is InChI=1S/C20H34O2/c1-7-18(4,5)17(21)22-20(13(2)3)12-14-11-19(20,6)16-10-8-9-15(14)16/h13-16H,7-12H2,1-6H3. The van der Waals surface area contributed by atoms with E-state index in [4.69, 9.17) is 4.74 Å². The van der Waals surface area contributed by atoms with Crippen molar-refractivity contribution < 1.29 is 9.53 Å². The molecule has 2 nitrogen and oxygen atoms in total. The fraction of sp³-hybridized carbons (Fsp3) is 0.950. The van der Waals surface area contributed by atoms with Gasteiger partial charge >= 0.3 is 5.97 Å². The first-order valence-corrected chi connectivity index (χ1v) is 9.41. The number of esters is 1. The molecule has 0 aromatic carbocycles. The summed E-state index contributed by atoms with van der Waals surface area (Å²) in [5.74, 6) is 2.91. The fourth-order valence-electron chi connectivity index (χ4n) is 6.14. The van der Waals surface area contributed by atoms with Crippen molar-refractivity contribution in [2.75, 3.05) is 0 Å². The van der Waals surface area contributed by atoms with Crippen LogP contribution < -0.4 is 0 Å². The van der Waals surface area contributed by atoms with E-state index in [-0.39, 0.29) is 22.4 Å². The molecule has 5 unspecified atom stereocenters. The van der Waals surface area contributed by atoms with Gasteiger partial charge < -0.3 is 4.74 Å². The third-order valence-corrected chi connectivity index (χ3v) is 7.86. The molecular formula is C20H34O2. The summed E-state index contributed by atoms with van der Waals surface area (Å²) < 4.78 is 6.42.